The zero-order valence-corrected chi connectivity index (χ0v) is 10.5. The van der Waals surface area contributed by atoms with Gasteiger partial charge in [-0.2, -0.15) is 0 Å². The maximum atomic E-state index is 5.78. The number of aromatic nitrogens is 2. The van der Waals surface area contributed by atoms with E-state index in [2.05, 4.69) is 33.6 Å². The average Bonchev–Trinajstić information content (AvgIpc) is 2.29. The SMILES string of the molecule is CC(C)N1CCN(c2ccnc(Cl)n2)CC1. The van der Waals surface area contributed by atoms with E-state index >= 15 is 0 Å². The van der Waals surface area contributed by atoms with E-state index < -0.39 is 0 Å². The summed E-state index contributed by atoms with van der Waals surface area (Å²) in [7, 11) is 0. The van der Waals surface area contributed by atoms with E-state index in [1.807, 2.05) is 6.07 Å². The van der Waals surface area contributed by atoms with Crippen molar-refractivity contribution in [3.63, 3.8) is 0 Å². The van der Waals surface area contributed by atoms with Gasteiger partial charge in [0.25, 0.3) is 0 Å². The van der Waals surface area contributed by atoms with E-state index in [0.29, 0.717) is 11.3 Å². The lowest BCUT2D eigenvalue weighted by Gasteiger charge is -2.37. The molecular formula is C11H17ClN4. The normalized spacial score (nSPS) is 18.1. The summed E-state index contributed by atoms with van der Waals surface area (Å²) >= 11 is 5.78. The predicted molar refractivity (Wildman–Crippen MR) is 66.0 cm³/mol. The molecule has 0 radical (unpaired) electrons. The van der Waals surface area contributed by atoms with Gasteiger partial charge in [-0.3, -0.25) is 4.90 Å². The Morgan fingerprint density at radius 2 is 1.94 bits per heavy atom. The Kier molecular flexibility index (Phi) is 3.61. The van der Waals surface area contributed by atoms with E-state index in [9.17, 15) is 0 Å². The third kappa shape index (κ3) is 2.62. The van der Waals surface area contributed by atoms with E-state index in [1.54, 1.807) is 6.20 Å². The molecule has 0 spiro atoms. The van der Waals surface area contributed by atoms with Crippen LogP contribution >= 0.6 is 11.6 Å². The monoisotopic (exact) mass is 240 g/mol. The first-order chi connectivity index (χ1) is 7.66. The van der Waals surface area contributed by atoms with Crippen molar-refractivity contribution >= 4 is 17.4 Å². The molecule has 1 saturated heterocycles. The zero-order chi connectivity index (χ0) is 11.5. The van der Waals surface area contributed by atoms with E-state index in [-0.39, 0.29) is 0 Å². The molecule has 0 bridgehead atoms. The largest absolute Gasteiger partial charge is 0.354 e. The minimum Gasteiger partial charge on any atom is -0.354 e. The molecule has 5 heteroatoms. The highest BCUT2D eigenvalue weighted by Crippen LogP contribution is 2.15. The van der Waals surface area contributed by atoms with Gasteiger partial charge >= 0.3 is 0 Å². The van der Waals surface area contributed by atoms with Crippen molar-refractivity contribution in [1.82, 2.24) is 14.9 Å². The number of piperazine rings is 1. The molecule has 1 aromatic heterocycles. The summed E-state index contributed by atoms with van der Waals surface area (Å²) in [4.78, 5) is 12.9. The average molecular weight is 241 g/mol. The van der Waals surface area contributed by atoms with Gasteiger partial charge in [0.15, 0.2) is 0 Å². The molecule has 0 unspecified atom stereocenters. The van der Waals surface area contributed by atoms with Crippen molar-refractivity contribution in [3.05, 3.63) is 17.5 Å². The van der Waals surface area contributed by atoms with E-state index in [1.165, 1.54) is 0 Å². The molecule has 88 valence electrons. The fourth-order valence-corrected chi connectivity index (χ4v) is 2.11. The molecule has 1 aromatic rings. The molecule has 0 N–H and O–H groups in total. The van der Waals surface area contributed by atoms with Crippen LogP contribution in [-0.2, 0) is 0 Å². The summed E-state index contributed by atoms with van der Waals surface area (Å²) in [6.45, 7) is 8.64. The quantitative estimate of drug-likeness (QED) is 0.736. The Hall–Kier alpha value is -0.870. The van der Waals surface area contributed by atoms with Crippen molar-refractivity contribution in [2.45, 2.75) is 19.9 Å². The first-order valence-electron chi connectivity index (χ1n) is 5.64. The van der Waals surface area contributed by atoms with Crippen LogP contribution in [0.2, 0.25) is 5.28 Å². The van der Waals surface area contributed by atoms with Crippen molar-refractivity contribution in [2.75, 3.05) is 31.1 Å². The van der Waals surface area contributed by atoms with Crippen LogP contribution in [0.15, 0.2) is 12.3 Å². The van der Waals surface area contributed by atoms with E-state index in [4.69, 9.17) is 11.6 Å². The predicted octanol–water partition coefficient (Wildman–Crippen LogP) is 1.66. The molecule has 2 heterocycles. The van der Waals surface area contributed by atoms with Gasteiger partial charge in [0, 0.05) is 38.4 Å². The highest BCUT2D eigenvalue weighted by atomic mass is 35.5. The van der Waals surface area contributed by atoms with Gasteiger partial charge in [0.1, 0.15) is 5.82 Å². The van der Waals surface area contributed by atoms with Gasteiger partial charge in [-0.05, 0) is 31.5 Å². The summed E-state index contributed by atoms with van der Waals surface area (Å²) in [6.07, 6.45) is 1.71. The standard InChI is InChI=1S/C11H17ClN4/c1-9(2)15-5-7-16(8-6-15)10-3-4-13-11(12)14-10/h3-4,9H,5-8H2,1-2H3. The van der Waals surface area contributed by atoms with Crippen LogP contribution in [0.25, 0.3) is 0 Å². The molecule has 1 fully saturated rings. The molecule has 0 amide bonds. The molecule has 0 saturated carbocycles. The number of halogens is 1. The van der Waals surface area contributed by atoms with E-state index in [0.717, 1.165) is 32.0 Å². The molecule has 2 rings (SSSR count). The molecular weight excluding hydrogens is 224 g/mol. The molecule has 16 heavy (non-hydrogen) atoms. The number of anilines is 1. The molecule has 0 atom stereocenters. The maximum absolute atomic E-state index is 5.78. The van der Waals surface area contributed by atoms with Crippen molar-refractivity contribution in [3.8, 4) is 0 Å². The summed E-state index contributed by atoms with van der Waals surface area (Å²) < 4.78 is 0. The Morgan fingerprint density at radius 1 is 1.25 bits per heavy atom. The van der Waals surface area contributed by atoms with Gasteiger partial charge in [-0.1, -0.05) is 0 Å². The second-order valence-electron chi connectivity index (χ2n) is 4.30. The number of hydrogen-bond donors (Lipinski definition) is 0. The van der Waals surface area contributed by atoms with Crippen LogP contribution in [0.3, 0.4) is 0 Å². The minimum atomic E-state index is 0.323. The Labute approximate surface area is 101 Å². The van der Waals surface area contributed by atoms with Crippen LogP contribution in [0.4, 0.5) is 5.82 Å². The van der Waals surface area contributed by atoms with Gasteiger partial charge in [0.2, 0.25) is 5.28 Å². The fourth-order valence-electron chi connectivity index (χ4n) is 1.97. The lowest BCUT2D eigenvalue weighted by molar-refractivity contribution is 0.209. The first kappa shape index (κ1) is 11.6. The van der Waals surface area contributed by atoms with Crippen LogP contribution in [0.5, 0.6) is 0 Å². The minimum absolute atomic E-state index is 0.323. The zero-order valence-electron chi connectivity index (χ0n) is 9.73. The highest BCUT2D eigenvalue weighted by Gasteiger charge is 2.19. The molecule has 4 nitrogen and oxygen atoms in total. The third-order valence-corrected chi connectivity index (χ3v) is 3.16. The Balaban J connectivity index is 1.99. The first-order valence-corrected chi connectivity index (χ1v) is 6.02. The lowest BCUT2D eigenvalue weighted by atomic mass is 10.2. The van der Waals surface area contributed by atoms with Gasteiger partial charge in [-0.25, -0.2) is 9.97 Å². The summed E-state index contributed by atoms with van der Waals surface area (Å²) in [6, 6.07) is 2.54. The molecule has 0 aromatic carbocycles. The fraction of sp³-hybridized carbons (Fsp3) is 0.636. The van der Waals surface area contributed by atoms with Gasteiger partial charge in [0.05, 0.1) is 0 Å². The van der Waals surface area contributed by atoms with Crippen LogP contribution in [-0.4, -0.2) is 47.1 Å². The van der Waals surface area contributed by atoms with Crippen molar-refractivity contribution in [1.29, 1.82) is 0 Å². The molecule has 1 aliphatic rings. The van der Waals surface area contributed by atoms with Crippen molar-refractivity contribution in [2.24, 2.45) is 0 Å². The maximum Gasteiger partial charge on any atom is 0.224 e. The second-order valence-corrected chi connectivity index (χ2v) is 4.64. The van der Waals surface area contributed by atoms with Crippen LogP contribution in [0.1, 0.15) is 13.8 Å². The summed E-state index contributed by atoms with van der Waals surface area (Å²) in [5, 5.41) is 0.323. The smallest absolute Gasteiger partial charge is 0.224 e. The number of hydrogen-bond acceptors (Lipinski definition) is 4. The topological polar surface area (TPSA) is 32.3 Å². The molecule has 0 aliphatic carbocycles. The second kappa shape index (κ2) is 4.97. The van der Waals surface area contributed by atoms with Gasteiger partial charge in [-0.15, -0.1) is 0 Å². The van der Waals surface area contributed by atoms with Crippen LogP contribution < -0.4 is 4.90 Å². The van der Waals surface area contributed by atoms with Crippen molar-refractivity contribution < 1.29 is 0 Å². The third-order valence-electron chi connectivity index (χ3n) is 2.98. The Bertz CT molecular complexity index is 348. The Morgan fingerprint density at radius 3 is 2.50 bits per heavy atom. The number of nitrogens with zero attached hydrogens (tertiary/aromatic N) is 4. The van der Waals surface area contributed by atoms with Gasteiger partial charge < -0.3 is 4.90 Å². The lowest BCUT2D eigenvalue weighted by Crippen LogP contribution is -2.49. The summed E-state index contributed by atoms with van der Waals surface area (Å²) in [5.74, 6) is 0.934. The number of rotatable bonds is 2. The van der Waals surface area contributed by atoms with Crippen LogP contribution in [0, 0.1) is 0 Å². The highest BCUT2D eigenvalue weighted by molar-refractivity contribution is 6.28. The molecule has 1 aliphatic heterocycles. The summed E-state index contributed by atoms with van der Waals surface area (Å²) in [5.41, 5.74) is 0.